The van der Waals surface area contributed by atoms with Crippen molar-refractivity contribution < 1.29 is 14.2 Å². The molecule has 0 N–H and O–H groups in total. The van der Waals surface area contributed by atoms with Gasteiger partial charge < -0.3 is 9.36 Å². The van der Waals surface area contributed by atoms with Crippen molar-refractivity contribution in [3.8, 4) is 0 Å². The molecule has 0 bridgehead atoms. The zero-order valence-electron chi connectivity index (χ0n) is 18.6. The van der Waals surface area contributed by atoms with Crippen LogP contribution in [-0.2, 0) is 16.1 Å². The van der Waals surface area contributed by atoms with E-state index in [1.807, 2.05) is 13.0 Å². The number of hydrogen-bond acceptors (Lipinski definition) is 5. The zero-order valence-corrected chi connectivity index (χ0v) is 18.6. The van der Waals surface area contributed by atoms with Crippen molar-refractivity contribution in [1.29, 1.82) is 0 Å². The highest BCUT2D eigenvalue weighted by atomic mass is 16.6. The SMILES string of the molecule is Cc1cc(CCO/N=C2\C=C3CCC4C(CC[C@]5(C)C(=O)CCC45)[C@@]3(C)CC2)no1. The molecule has 3 saturated carbocycles. The maximum absolute atomic E-state index is 12.6. The van der Waals surface area contributed by atoms with Gasteiger partial charge in [-0.2, -0.15) is 0 Å². The van der Waals surface area contributed by atoms with Gasteiger partial charge >= 0.3 is 0 Å². The maximum atomic E-state index is 12.6. The summed E-state index contributed by atoms with van der Waals surface area (Å²) in [5.74, 6) is 3.42. The van der Waals surface area contributed by atoms with E-state index in [2.05, 4.69) is 30.2 Å². The van der Waals surface area contributed by atoms with Crippen molar-refractivity contribution in [1.82, 2.24) is 5.16 Å². The lowest BCUT2D eigenvalue weighted by molar-refractivity contribution is -0.132. The number of ketones is 1. The molecule has 4 aliphatic rings. The summed E-state index contributed by atoms with van der Waals surface area (Å²) in [5, 5.41) is 8.44. The van der Waals surface area contributed by atoms with Crippen LogP contribution in [0.5, 0.6) is 0 Å². The van der Waals surface area contributed by atoms with Gasteiger partial charge in [-0.05, 0) is 81.1 Å². The zero-order chi connectivity index (χ0) is 20.9. The van der Waals surface area contributed by atoms with Crippen molar-refractivity contribution in [3.05, 3.63) is 29.2 Å². The fraction of sp³-hybridized carbons (Fsp3) is 0.720. The molecule has 3 fully saturated rings. The van der Waals surface area contributed by atoms with Gasteiger partial charge in [0.05, 0.1) is 11.4 Å². The van der Waals surface area contributed by atoms with Crippen molar-refractivity contribution in [2.24, 2.45) is 33.7 Å². The van der Waals surface area contributed by atoms with Crippen LogP contribution in [0.4, 0.5) is 0 Å². The molecular weight excluding hydrogens is 376 g/mol. The van der Waals surface area contributed by atoms with E-state index in [1.54, 1.807) is 5.57 Å². The van der Waals surface area contributed by atoms with Crippen LogP contribution < -0.4 is 0 Å². The van der Waals surface area contributed by atoms with Crippen LogP contribution in [0.3, 0.4) is 0 Å². The molecule has 0 spiro atoms. The minimum absolute atomic E-state index is 0.0315. The Hall–Kier alpha value is -1.91. The molecule has 5 nitrogen and oxygen atoms in total. The average molecular weight is 411 g/mol. The van der Waals surface area contributed by atoms with Gasteiger partial charge in [0.25, 0.3) is 0 Å². The predicted octanol–water partition coefficient (Wildman–Crippen LogP) is 5.43. The van der Waals surface area contributed by atoms with E-state index < -0.39 is 0 Å². The van der Waals surface area contributed by atoms with Gasteiger partial charge in [0, 0.05) is 24.3 Å². The highest BCUT2D eigenvalue weighted by Gasteiger charge is 2.58. The number of carbonyl (C=O) groups is 1. The smallest absolute Gasteiger partial charge is 0.139 e. The van der Waals surface area contributed by atoms with Crippen molar-refractivity contribution in [3.63, 3.8) is 0 Å². The van der Waals surface area contributed by atoms with E-state index in [1.165, 1.54) is 12.8 Å². The molecule has 5 heteroatoms. The summed E-state index contributed by atoms with van der Waals surface area (Å²) in [6.45, 7) is 7.17. The number of nitrogens with zero attached hydrogens (tertiary/aromatic N) is 2. The second-order valence-corrected chi connectivity index (χ2v) is 10.5. The van der Waals surface area contributed by atoms with Crippen LogP contribution in [0, 0.1) is 35.5 Å². The van der Waals surface area contributed by atoms with E-state index in [9.17, 15) is 4.79 Å². The van der Waals surface area contributed by atoms with Gasteiger partial charge in [0.1, 0.15) is 18.2 Å². The molecule has 1 aromatic rings. The standard InChI is InChI=1S/C25H34N2O3/c1-16-14-19(27-30-16)10-13-29-26-18-8-11-24(2)17(15-18)4-5-20-21-6-7-23(28)25(21,3)12-9-22(20)24/h14-15,20-22H,4-13H2,1-3H3/b26-18-/t20?,21?,22?,24-,25-/m0/s1. The van der Waals surface area contributed by atoms with Gasteiger partial charge in [0.15, 0.2) is 0 Å². The Labute approximate surface area is 179 Å². The van der Waals surface area contributed by atoms with Crippen molar-refractivity contribution >= 4 is 11.5 Å². The van der Waals surface area contributed by atoms with Crippen LogP contribution in [0.15, 0.2) is 27.4 Å². The molecule has 0 amide bonds. The molecular formula is C25H34N2O3. The molecule has 5 atom stereocenters. The van der Waals surface area contributed by atoms with Crippen LogP contribution in [0.2, 0.25) is 0 Å². The number of rotatable bonds is 4. The number of aromatic nitrogens is 1. The normalized spacial score (nSPS) is 39.3. The second kappa shape index (κ2) is 7.35. The summed E-state index contributed by atoms with van der Waals surface area (Å²) in [6.07, 6.45) is 11.8. The third-order valence-corrected chi connectivity index (χ3v) is 8.99. The number of carbonyl (C=O) groups excluding carboxylic acids is 1. The van der Waals surface area contributed by atoms with E-state index in [4.69, 9.17) is 9.36 Å². The average Bonchev–Trinajstić information content (AvgIpc) is 3.28. The lowest BCUT2D eigenvalue weighted by atomic mass is 9.47. The third-order valence-electron chi connectivity index (χ3n) is 8.99. The molecule has 0 aromatic carbocycles. The Morgan fingerprint density at radius 2 is 1.97 bits per heavy atom. The Bertz CT molecular complexity index is 900. The Morgan fingerprint density at radius 1 is 1.13 bits per heavy atom. The highest BCUT2D eigenvalue weighted by molar-refractivity contribution is 5.96. The minimum atomic E-state index is -0.0315. The van der Waals surface area contributed by atoms with E-state index in [-0.39, 0.29) is 10.8 Å². The molecule has 1 aromatic heterocycles. The Morgan fingerprint density at radius 3 is 2.77 bits per heavy atom. The fourth-order valence-electron chi connectivity index (χ4n) is 7.23. The second-order valence-electron chi connectivity index (χ2n) is 10.5. The van der Waals surface area contributed by atoms with Crippen LogP contribution in [0.1, 0.15) is 76.7 Å². The van der Waals surface area contributed by atoms with Crippen LogP contribution in [0.25, 0.3) is 0 Å². The third kappa shape index (κ3) is 3.16. The van der Waals surface area contributed by atoms with Crippen molar-refractivity contribution in [2.45, 2.75) is 78.6 Å². The number of Topliss-reactive ketones (excluding diaryl/α,β-unsaturated/α-hetero) is 1. The van der Waals surface area contributed by atoms with Crippen LogP contribution >= 0.6 is 0 Å². The summed E-state index contributed by atoms with van der Waals surface area (Å²) in [6, 6.07) is 1.94. The number of oxime groups is 1. The summed E-state index contributed by atoms with van der Waals surface area (Å²) < 4.78 is 5.09. The van der Waals surface area contributed by atoms with E-state index >= 15 is 0 Å². The predicted molar refractivity (Wildman–Crippen MR) is 115 cm³/mol. The molecule has 5 rings (SSSR count). The van der Waals surface area contributed by atoms with E-state index in [0.29, 0.717) is 24.7 Å². The Balaban J connectivity index is 1.26. The first-order valence-corrected chi connectivity index (χ1v) is 11.8. The highest BCUT2D eigenvalue weighted by Crippen LogP contribution is 2.64. The lowest BCUT2D eigenvalue weighted by Crippen LogP contribution is -2.50. The fourth-order valence-corrected chi connectivity index (χ4v) is 7.23. The molecule has 162 valence electrons. The molecule has 30 heavy (non-hydrogen) atoms. The topological polar surface area (TPSA) is 64.7 Å². The summed E-state index contributed by atoms with van der Waals surface area (Å²) >= 11 is 0. The summed E-state index contributed by atoms with van der Waals surface area (Å²) in [7, 11) is 0. The lowest BCUT2D eigenvalue weighted by Gasteiger charge is -2.57. The molecule has 0 aliphatic heterocycles. The number of fused-ring (bicyclic) bond motifs is 5. The van der Waals surface area contributed by atoms with Gasteiger partial charge in [-0.1, -0.05) is 29.7 Å². The molecule has 0 radical (unpaired) electrons. The summed E-state index contributed by atoms with van der Waals surface area (Å²) in [4.78, 5) is 18.2. The maximum Gasteiger partial charge on any atom is 0.139 e. The van der Waals surface area contributed by atoms with Gasteiger partial charge in [-0.15, -0.1) is 0 Å². The first kappa shape index (κ1) is 20.0. The van der Waals surface area contributed by atoms with E-state index in [0.717, 1.165) is 67.5 Å². The largest absolute Gasteiger partial charge is 0.395 e. The summed E-state index contributed by atoms with van der Waals surface area (Å²) in [5.41, 5.74) is 3.80. The monoisotopic (exact) mass is 410 g/mol. The minimum Gasteiger partial charge on any atom is -0.395 e. The molecule has 1 heterocycles. The number of allylic oxidation sites excluding steroid dienone is 2. The first-order valence-electron chi connectivity index (χ1n) is 11.8. The molecule has 0 saturated heterocycles. The van der Waals surface area contributed by atoms with Crippen LogP contribution in [-0.4, -0.2) is 23.3 Å². The van der Waals surface area contributed by atoms with Gasteiger partial charge in [0.2, 0.25) is 0 Å². The number of hydrogen-bond donors (Lipinski definition) is 0. The first-order chi connectivity index (χ1) is 14.4. The Kier molecular flexibility index (Phi) is 4.90. The van der Waals surface area contributed by atoms with Gasteiger partial charge in [-0.3, -0.25) is 4.79 Å². The molecule has 3 unspecified atom stereocenters. The quantitative estimate of drug-likeness (QED) is 0.490. The van der Waals surface area contributed by atoms with Gasteiger partial charge in [-0.25, -0.2) is 0 Å². The van der Waals surface area contributed by atoms with Crippen molar-refractivity contribution in [2.75, 3.05) is 6.61 Å². The number of aryl methyl sites for hydroxylation is 1. The molecule has 4 aliphatic carbocycles.